The fourth-order valence-corrected chi connectivity index (χ4v) is 3.59. The third-order valence-corrected chi connectivity index (χ3v) is 4.78. The molecule has 1 aromatic rings. The van der Waals surface area contributed by atoms with Gasteiger partial charge in [0.25, 0.3) is 0 Å². The van der Waals surface area contributed by atoms with Crippen molar-refractivity contribution in [3.63, 3.8) is 0 Å². The van der Waals surface area contributed by atoms with E-state index in [9.17, 15) is 0 Å². The average molecular weight is 284 g/mol. The maximum atomic E-state index is 8.84. The first-order chi connectivity index (χ1) is 10.4. The first kappa shape index (κ1) is 14.3. The van der Waals surface area contributed by atoms with Gasteiger partial charge in [0.2, 0.25) is 0 Å². The molecule has 1 unspecified atom stereocenters. The Hall–Kier alpha value is -1.60. The van der Waals surface area contributed by atoms with E-state index in [1.54, 1.807) is 0 Å². The quantitative estimate of drug-likeness (QED) is 0.837. The second-order valence-corrected chi connectivity index (χ2v) is 6.21. The van der Waals surface area contributed by atoms with Gasteiger partial charge in [-0.05, 0) is 50.9 Å². The Morgan fingerprint density at radius 3 is 2.52 bits per heavy atom. The smallest absolute Gasteiger partial charge is 0.140 e. The lowest BCUT2D eigenvalue weighted by Crippen LogP contribution is -2.48. The Morgan fingerprint density at radius 2 is 1.86 bits per heavy atom. The van der Waals surface area contributed by atoms with Crippen molar-refractivity contribution in [3.05, 3.63) is 24.0 Å². The predicted molar refractivity (Wildman–Crippen MR) is 84.2 cm³/mol. The molecule has 2 aliphatic heterocycles. The van der Waals surface area contributed by atoms with Crippen LogP contribution in [0.25, 0.3) is 0 Å². The van der Waals surface area contributed by atoms with E-state index in [1.165, 1.54) is 51.6 Å². The van der Waals surface area contributed by atoms with E-state index in [2.05, 4.69) is 20.9 Å². The minimum Gasteiger partial charge on any atom is -0.369 e. The zero-order valence-corrected chi connectivity index (χ0v) is 12.7. The second kappa shape index (κ2) is 6.91. The molecule has 2 fully saturated rings. The van der Waals surface area contributed by atoms with Gasteiger partial charge in [-0.25, -0.2) is 4.98 Å². The number of likely N-dealkylation sites (tertiary alicyclic amines) is 1. The highest BCUT2D eigenvalue weighted by atomic mass is 15.2. The van der Waals surface area contributed by atoms with Crippen molar-refractivity contribution < 1.29 is 0 Å². The fourth-order valence-electron chi connectivity index (χ4n) is 3.59. The first-order valence-electron chi connectivity index (χ1n) is 8.22. The summed E-state index contributed by atoms with van der Waals surface area (Å²) in [5, 5.41) is 8.84. The molecule has 0 bridgehead atoms. The van der Waals surface area contributed by atoms with Crippen molar-refractivity contribution in [3.8, 4) is 6.07 Å². The molecule has 21 heavy (non-hydrogen) atoms. The summed E-state index contributed by atoms with van der Waals surface area (Å²) < 4.78 is 0. The molecule has 3 heterocycles. The Bertz CT molecular complexity index is 483. The van der Waals surface area contributed by atoms with Gasteiger partial charge in [0.1, 0.15) is 11.8 Å². The molecule has 0 aromatic carbocycles. The molecule has 2 saturated heterocycles. The van der Waals surface area contributed by atoms with Crippen LogP contribution in [0, 0.1) is 11.3 Å². The third-order valence-electron chi connectivity index (χ3n) is 4.78. The molecular weight excluding hydrogens is 260 g/mol. The van der Waals surface area contributed by atoms with Gasteiger partial charge in [0.15, 0.2) is 0 Å². The molecule has 0 aliphatic carbocycles. The van der Waals surface area contributed by atoms with Crippen LogP contribution in [0.15, 0.2) is 18.3 Å². The normalized spacial score (nSPS) is 24.3. The van der Waals surface area contributed by atoms with Crippen molar-refractivity contribution in [2.24, 2.45) is 0 Å². The highest BCUT2D eigenvalue weighted by molar-refractivity contribution is 5.46. The lowest BCUT2D eigenvalue weighted by atomic mass is 10.0. The molecule has 0 N–H and O–H groups in total. The Morgan fingerprint density at radius 1 is 1.05 bits per heavy atom. The minimum atomic E-state index is 0.500. The molecule has 4 heteroatoms. The van der Waals surface area contributed by atoms with Gasteiger partial charge in [-0.1, -0.05) is 12.8 Å². The summed E-state index contributed by atoms with van der Waals surface area (Å²) in [6, 6.07) is 6.64. The van der Waals surface area contributed by atoms with Crippen LogP contribution in [0.1, 0.15) is 44.2 Å². The summed E-state index contributed by atoms with van der Waals surface area (Å²) in [5.41, 5.74) is 1.66. The molecular formula is C17H24N4. The molecule has 112 valence electrons. The lowest BCUT2D eigenvalue weighted by Gasteiger charge is -2.40. The second-order valence-electron chi connectivity index (χ2n) is 6.21. The van der Waals surface area contributed by atoms with E-state index in [-0.39, 0.29) is 0 Å². The summed E-state index contributed by atoms with van der Waals surface area (Å²) in [6.45, 7) is 4.75. The van der Waals surface area contributed by atoms with Gasteiger partial charge in [0.05, 0.1) is 11.9 Å². The number of pyridine rings is 1. The summed E-state index contributed by atoms with van der Waals surface area (Å²) >= 11 is 0. The molecule has 0 spiro atoms. The van der Waals surface area contributed by atoms with Gasteiger partial charge in [-0.3, -0.25) is 4.90 Å². The van der Waals surface area contributed by atoms with E-state index in [1.807, 2.05) is 18.3 Å². The molecule has 1 atom stereocenters. The Labute approximate surface area is 127 Å². The average Bonchev–Trinajstić information content (AvgIpc) is 2.84. The van der Waals surface area contributed by atoms with Crippen LogP contribution in [-0.2, 0) is 0 Å². The molecule has 2 aliphatic rings. The van der Waals surface area contributed by atoms with Crippen LogP contribution in [0.3, 0.4) is 0 Å². The number of nitriles is 1. The molecule has 4 nitrogen and oxygen atoms in total. The monoisotopic (exact) mass is 284 g/mol. The van der Waals surface area contributed by atoms with Crippen LogP contribution in [-0.4, -0.2) is 42.1 Å². The molecule has 1 aromatic heterocycles. The van der Waals surface area contributed by atoms with Crippen LogP contribution in [0.4, 0.5) is 5.69 Å². The van der Waals surface area contributed by atoms with Gasteiger partial charge >= 0.3 is 0 Å². The van der Waals surface area contributed by atoms with E-state index >= 15 is 0 Å². The molecule has 0 amide bonds. The van der Waals surface area contributed by atoms with Crippen LogP contribution in [0.5, 0.6) is 0 Å². The van der Waals surface area contributed by atoms with E-state index in [0.717, 1.165) is 18.8 Å². The minimum absolute atomic E-state index is 0.500. The largest absolute Gasteiger partial charge is 0.369 e. The Balaban J connectivity index is 1.65. The number of rotatable bonds is 2. The SMILES string of the molecule is N#Cc1ccc(N2CCCC(N3CCCCCC3)C2)cn1. The topological polar surface area (TPSA) is 43.2 Å². The van der Waals surface area contributed by atoms with Crippen molar-refractivity contribution in [2.75, 3.05) is 31.1 Å². The third kappa shape index (κ3) is 3.54. The van der Waals surface area contributed by atoms with E-state index in [0.29, 0.717) is 11.7 Å². The van der Waals surface area contributed by atoms with Crippen molar-refractivity contribution in [1.82, 2.24) is 9.88 Å². The number of nitrogens with zero attached hydrogens (tertiary/aromatic N) is 4. The number of anilines is 1. The van der Waals surface area contributed by atoms with Crippen LogP contribution >= 0.6 is 0 Å². The highest BCUT2D eigenvalue weighted by Crippen LogP contribution is 2.24. The Kier molecular flexibility index (Phi) is 4.72. The van der Waals surface area contributed by atoms with Crippen LogP contribution < -0.4 is 4.90 Å². The van der Waals surface area contributed by atoms with E-state index in [4.69, 9.17) is 5.26 Å². The number of piperidine rings is 1. The highest BCUT2D eigenvalue weighted by Gasteiger charge is 2.25. The summed E-state index contributed by atoms with van der Waals surface area (Å²) in [7, 11) is 0. The van der Waals surface area contributed by atoms with Gasteiger partial charge in [-0.2, -0.15) is 5.26 Å². The summed E-state index contributed by atoms with van der Waals surface area (Å²) in [6.07, 6.45) is 9.92. The fraction of sp³-hybridized carbons (Fsp3) is 0.647. The summed E-state index contributed by atoms with van der Waals surface area (Å²) in [4.78, 5) is 9.35. The first-order valence-corrected chi connectivity index (χ1v) is 8.22. The van der Waals surface area contributed by atoms with Gasteiger partial charge in [0, 0.05) is 19.1 Å². The van der Waals surface area contributed by atoms with Crippen LogP contribution in [0.2, 0.25) is 0 Å². The van der Waals surface area contributed by atoms with Crippen molar-refractivity contribution in [2.45, 2.75) is 44.6 Å². The van der Waals surface area contributed by atoms with E-state index < -0.39 is 0 Å². The molecule has 3 rings (SSSR count). The standard InChI is InChI=1S/C17H24N4/c18-12-15-7-8-16(13-19-15)21-11-5-6-17(14-21)20-9-3-1-2-4-10-20/h7-8,13,17H,1-6,9-11,14H2. The van der Waals surface area contributed by atoms with Gasteiger partial charge in [-0.15, -0.1) is 0 Å². The number of hydrogen-bond donors (Lipinski definition) is 0. The number of hydrogen-bond acceptors (Lipinski definition) is 4. The van der Waals surface area contributed by atoms with Gasteiger partial charge < -0.3 is 4.90 Å². The predicted octanol–water partition coefficient (Wildman–Crippen LogP) is 2.80. The van der Waals surface area contributed by atoms with Crippen molar-refractivity contribution in [1.29, 1.82) is 5.26 Å². The summed E-state index contributed by atoms with van der Waals surface area (Å²) in [5.74, 6) is 0. The zero-order chi connectivity index (χ0) is 14.5. The lowest BCUT2D eigenvalue weighted by molar-refractivity contribution is 0.182. The molecule has 0 saturated carbocycles. The maximum absolute atomic E-state index is 8.84. The van der Waals surface area contributed by atoms with Crippen molar-refractivity contribution >= 4 is 5.69 Å². The number of aromatic nitrogens is 1. The zero-order valence-electron chi connectivity index (χ0n) is 12.7. The molecule has 0 radical (unpaired) electrons. The maximum Gasteiger partial charge on any atom is 0.140 e.